The zero-order valence-electron chi connectivity index (χ0n) is 14.8. The van der Waals surface area contributed by atoms with E-state index in [1.54, 1.807) is 29.2 Å². The molecule has 11 heteroatoms. The molecule has 3 aliphatic heterocycles. The van der Waals surface area contributed by atoms with Gasteiger partial charge < -0.3 is 24.5 Å². The van der Waals surface area contributed by atoms with Gasteiger partial charge in [-0.25, -0.2) is 0 Å². The second kappa shape index (κ2) is 7.94. The topological polar surface area (TPSA) is 120 Å². The summed E-state index contributed by atoms with van der Waals surface area (Å²) in [6, 6.07) is 7.79. The highest BCUT2D eigenvalue weighted by Gasteiger charge is 2.50. The number of rotatable bonds is 5. The van der Waals surface area contributed by atoms with Gasteiger partial charge in [-0.15, -0.1) is 21.9 Å². The Hall–Kier alpha value is -2.37. The van der Waals surface area contributed by atoms with Crippen molar-refractivity contribution in [2.24, 2.45) is 0 Å². The molecule has 0 radical (unpaired) electrons. The number of carbonyl (C=O) groups excluding carboxylic acids is 2. The van der Waals surface area contributed by atoms with Gasteiger partial charge in [0.15, 0.2) is 6.10 Å². The summed E-state index contributed by atoms with van der Waals surface area (Å²) in [5.41, 5.74) is 0.533. The first-order chi connectivity index (χ1) is 13.5. The number of ether oxygens (including phenoxy) is 2. The largest absolute Gasteiger partial charge is 0.371 e. The summed E-state index contributed by atoms with van der Waals surface area (Å²) in [6.45, 7) is 0.200. The molecule has 0 spiro atoms. The van der Waals surface area contributed by atoms with Gasteiger partial charge in [0, 0.05) is 11.3 Å². The van der Waals surface area contributed by atoms with Crippen LogP contribution >= 0.6 is 11.8 Å². The Kier molecular flexibility index (Phi) is 5.38. The molecule has 150 valence electrons. The van der Waals surface area contributed by atoms with Crippen LogP contribution in [0.1, 0.15) is 10.4 Å². The first kappa shape index (κ1) is 19.0. The fraction of sp³-hybridized carbons (Fsp3) is 0.529. The molecule has 0 aromatic heterocycles. The number of hydrogen-bond donors (Lipinski definition) is 1. The van der Waals surface area contributed by atoms with Gasteiger partial charge in [0.05, 0.1) is 25.1 Å². The van der Waals surface area contributed by atoms with E-state index in [9.17, 15) is 19.7 Å². The first-order valence-electron chi connectivity index (χ1n) is 8.83. The molecule has 4 rings (SSSR count). The standard InChI is InChI=1S/C17H19N3O7S/c21-16(12-8-28-9-19(12)17(22)10-4-2-1-3-5-10)18-11-6-25-15-13(27-20(23)24)7-26-14(11)15/h1-5,11-15H,6-9H2,(H,18,21)/t11-,12?,13-,14+,15+/m0/s1. The van der Waals surface area contributed by atoms with Crippen molar-refractivity contribution < 1.29 is 29.0 Å². The molecule has 2 amide bonds. The molecule has 28 heavy (non-hydrogen) atoms. The maximum Gasteiger partial charge on any atom is 0.294 e. The van der Waals surface area contributed by atoms with E-state index in [0.29, 0.717) is 17.2 Å². The lowest BCUT2D eigenvalue weighted by atomic mass is 10.1. The fourth-order valence-electron chi connectivity index (χ4n) is 3.67. The Labute approximate surface area is 164 Å². The second-order valence-electron chi connectivity index (χ2n) is 6.74. The minimum absolute atomic E-state index is 0.0284. The summed E-state index contributed by atoms with van der Waals surface area (Å²) < 4.78 is 11.1. The minimum Gasteiger partial charge on any atom is -0.371 e. The highest BCUT2D eigenvalue weighted by Crippen LogP contribution is 2.30. The Morgan fingerprint density at radius 1 is 1.21 bits per heavy atom. The molecule has 1 aromatic carbocycles. The van der Waals surface area contributed by atoms with Crippen LogP contribution in [0.15, 0.2) is 30.3 Å². The maximum atomic E-state index is 12.8. The number of amides is 2. The average Bonchev–Trinajstić information content (AvgIpc) is 3.40. The molecule has 5 atom stereocenters. The lowest BCUT2D eigenvalue weighted by molar-refractivity contribution is -0.769. The van der Waals surface area contributed by atoms with Crippen LogP contribution in [0.4, 0.5) is 0 Å². The van der Waals surface area contributed by atoms with Crippen LogP contribution in [-0.4, -0.2) is 77.0 Å². The van der Waals surface area contributed by atoms with Crippen molar-refractivity contribution in [2.45, 2.75) is 30.4 Å². The number of benzene rings is 1. The number of thioether (sulfide) groups is 1. The van der Waals surface area contributed by atoms with Crippen LogP contribution in [0.2, 0.25) is 0 Å². The van der Waals surface area contributed by atoms with Crippen molar-refractivity contribution in [1.29, 1.82) is 0 Å². The summed E-state index contributed by atoms with van der Waals surface area (Å²) in [7, 11) is 0. The normalized spacial score (nSPS) is 31.4. The summed E-state index contributed by atoms with van der Waals surface area (Å²) in [4.78, 5) is 42.2. The molecule has 0 bridgehead atoms. The van der Waals surface area contributed by atoms with E-state index in [0.717, 1.165) is 0 Å². The summed E-state index contributed by atoms with van der Waals surface area (Å²) in [6.07, 6.45) is -1.92. The van der Waals surface area contributed by atoms with E-state index < -0.39 is 35.5 Å². The van der Waals surface area contributed by atoms with Crippen LogP contribution in [-0.2, 0) is 19.1 Å². The number of carbonyl (C=O) groups is 2. The molecular formula is C17H19N3O7S. The van der Waals surface area contributed by atoms with E-state index >= 15 is 0 Å². The Morgan fingerprint density at radius 3 is 2.71 bits per heavy atom. The SMILES string of the molecule is O=C(N[C@H]1CO[C@H]2[C@@H]1OC[C@@H]2O[N+](=O)[O-])C1CSCN1C(=O)c1ccccc1. The van der Waals surface area contributed by atoms with Crippen LogP contribution in [0.25, 0.3) is 0 Å². The summed E-state index contributed by atoms with van der Waals surface area (Å²) in [5, 5.41) is 12.6. The molecule has 3 saturated heterocycles. The number of hydrogen-bond acceptors (Lipinski definition) is 8. The third kappa shape index (κ3) is 3.64. The van der Waals surface area contributed by atoms with E-state index in [-0.39, 0.29) is 25.0 Å². The molecule has 1 N–H and O–H groups in total. The van der Waals surface area contributed by atoms with Crippen LogP contribution in [0, 0.1) is 10.1 Å². The van der Waals surface area contributed by atoms with Gasteiger partial charge in [-0.1, -0.05) is 18.2 Å². The van der Waals surface area contributed by atoms with Gasteiger partial charge in [-0.2, -0.15) is 0 Å². The molecule has 3 heterocycles. The average molecular weight is 409 g/mol. The van der Waals surface area contributed by atoms with E-state index in [1.807, 2.05) is 6.07 Å². The first-order valence-corrected chi connectivity index (χ1v) is 9.98. The highest BCUT2D eigenvalue weighted by molar-refractivity contribution is 7.99. The van der Waals surface area contributed by atoms with Gasteiger partial charge in [-0.3, -0.25) is 9.59 Å². The van der Waals surface area contributed by atoms with Gasteiger partial charge in [0.2, 0.25) is 5.91 Å². The van der Waals surface area contributed by atoms with Gasteiger partial charge in [-0.05, 0) is 12.1 Å². The lowest BCUT2D eigenvalue weighted by Gasteiger charge is -2.25. The Bertz CT molecular complexity index is 764. The second-order valence-corrected chi connectivity index (χ2v) is 7.73. The third-order valence-electron chi connectivity index (χ3n) is 5.02. The van der Waals surface area contributed by atoms with Crippen molar-refractivity contribution in [3.05, 3.63) is 46.0 Å². The van der Waals surface area contributed by atoms with Gasteiger partial charge in [0.25, 0.3) is 11.0 Å². The van der Waals surface area contributed by atoms with Crippen molar-refractivity contribution in [1.82, 2.24) is 10.2 Å². The molecule has 0 saturated carbocycles. The third-order valence-corrected chi connectivity index (χ3v) is 6.04. The number of nitrogens with one attached hydrogen (secondary N) is 1. The molecule has 3 aliphatic rings. The van der Waals surface area contributed by atoms with Crippen LogP contribution < -0.4 is 5.32 Å². The fourth-order valence-corrected chi connectivity index (χ4v) is 4.83. The quantitative estimate of drug-likeness (QED) is 0.536. The summed E-state index contributed by atoms with van der Waals surface area (Å²) >= 11 is 1.51. The Balaban J connectivity index is 1.38. The van der Waals surface area contributed by atoms with Crippen molar-refractivity contribution >= 4 is 23.6 Å². The predicted molar refractivity (Wildman–Crippen MR) is 97.0 cm³/mol. The highest BCUT2D eigenvalue weighted by atomic mass is 32.2. The number of nitrogens with zero attached hydrogens (tertiary/aromatic N) is 2. The van der Waals surface area contributed by atoms with Gasteiger partial charge in [0.1, 0.15) is 18.2 Å². The van der Waals surface area contributed by atoms with Crippen molar-refractivity contribution in [3.8, 4) is 0 Å². The zero-order valence-corrected chi connectivity index (χ0v) is 15.6. The van der Waals surface area contributed by atoms with Gasteiger partial charge >= 0.3 is 0 Å². The monoisotopic (exact) mass is 409 g/mol. The Morgan fingerprint density at radius 2 is 1.96 bits per heavy atom. The predicted octanol–water partition coefficient (Wildman–Crippen LogP) is 0.0610. The smallest absolute Gasteiger partial charge is 0.294 e. The van der Waals surface area contributed by atoms with E-state index in [4.69, 9.17) is 9.47 Å². The van der Waals surface area contributed by atoms with Crippen molar-refractivity contribution in [3.63, 3.8) is 0 Å². The molecule has 0 aliphatic carbocycles. The van der Waals surface area contributed by atoms with E-state index in [2.05, 4.69) is 10.2 Å². The van der Waals surface area contributed by atoms with Crippen molar-refractivity contribution in [2.75, 3.05) is 24.8 Å². The summed E-state index contributed by atoms with van der Waals surface area (Å²) in [5.74, 6) is 0.461. The number of fused-ring (bicyclic) bond motifs is 1. The lowest BCUT2D eigenvalue weighted by Crippen LogP contribution is -2.53. The van der Waals surface area contributed by atoms with E-state index in [1.165, 1.54) is 11.8 Å². The van der Waals surface area contributed by atoms with Crippen LogP contribution in [0.3, 0.4) is 0 Å². The zero-order chi connectivity index (χ0) is 19.7. The molecule has 3 fully saturated rings. The molecule has 1 unspecified atom stereocenters. The molecular weight excluding hydrogens is 390 g/mol. The molecule has 10 nitrogen and oxygen atoms in total. The van der Waals surface area contributed by atoms with Crippen LogP contribution in [0.5, 0.6) is 0 Å². The molecule has 1 aromatic rings. The maximum absolute atomic E-state index is 12.8. The minimum atomic E-state index is -0.867.